The quantitative estimate of drug-likeness (QED) is 0.791. The molecule has 0 atom stereocenters. The number of nitrogens with zero attached hydrogens (tertiary/aromatic N) is 2. The molecule has 0 saturated carbocycles. The van der Waals surface area contributed by atoms with E-state index >= 15 is 0 Å². The molecule has 1 heterocycles. The van der Waals surface area contributed by atoms with Crippen LogP contribution in [0.2, 0.25) is 0 Å². The van der Waals surface area contributed by atoms with E-state index < -0.39 is 12.1 Å². The van der Waals surface area contributed by atoms with E-state index in [4.69, 9.17) is 0 Å². The Hall–Kier alpha value is -2.18. The molecule has 18 heavy (non-hydrogen) atoms. The van der Waals surface area contributed by atoms with Crippen LogP contribution in [-0.2, 0) is 12.6 Å². The van der Waals surface area contributed by atoms with Gasteiger partial charge in [-0.1, -0.05) is 29.4 Å². The van der Waals surface area contributed by atoms with Crippen molar-refractivity contribution in [3.8, 4) is 0 Å². The molecule has 0 radical (unpaired) electrons. The van der Waals surface area contributed by atoms with Crippen molar-refractivity contribution in [3.63, 3.8) is 0 Å². The number of halogens is 3. The smallest absolute Gasteiger partial charge is 0.329 e. The van der Waals surface area contributed by atoms with Crippen LogP contribution in [0.3, 0.4) is 0 Å². The van der Waals surface area contributed by atoms with Crippen molar-refractivity contribution in [1.82, 2.24) is 10.1 Å². The van der Waals surface area contributed by atoms with Gasteiger partial charge in [0.2, 0.25) is 0 Å². The Labute approximate surface area is 99.4 Å². The zero-order valence-electron chi connectivity index (χ0n) is 8.94. The Bertz CT molecular complexity index is 546. The summed E-state index contributed by atoms with van der Waals surface area (Å²) in [6.45, 7) is 0. The minimum Gasteiger partial charge on any atom is -0.329 e. The number of carbonyl (C=O) groups excluding carboxylic acids is 1. The third-order valence-corrected chi connectivity index (χ3v) is 2.19. The first kappa shape index (κ1) is 12.3. The zero-order chi connectivity index (χ0) is 13.2. The second-order valence-corrected chi connectivity index (χ2v) is 3.55. The third-order valence-electron chi connectivity index (χ3n) is 2.19. The van der Waals surface area contributed by atoms with E-state index in [9.17, 15) is 18.0 Å². The van der Waals surface area contributed by atoms with Gasteiger partial charge in [0.05, 0.1) is 0 Å². The van der Waals surface area contributed by atoms with Crippen molar-refractivity contribution in [3.05, 3.63) is 47.1 Å². The average molecular weight is 256 g/mol. The molecule has 7 heteroatoms. The molecule has 0 amide bonds. The predicted molar refractivity (Wildman–Crippen MR) is 53.9 cm³/mol. The van der Waals surface area contributed by atoms with Crippen LogP contribution >= 0.6 is 0 Å². The topological polar surface area (TPSA) is 56.0 Å². The average Bonchev–Trinajstić information content (AvgIpc) is 2.78. The van der Waals surface area contributed by atoms with Crippen LogP contribution in [0.25, 0.3) is 0 Å². The second-order valence-electron chi connectivity index (χ2n) is 3.55. The Kier molecular flexibility index (Phi) is 3.14. The summed E-state index contributed by atoms with van der Waals surface area (Å²) in [5.41, 5.74) is 1.18. The van der Waals surface area contributed by atoms with Gasteiger partial charge in [0.1, 0.15) is 6.29 Å². The molecule has 0 aliphatic rings. The highest BCUT2D eigenvalue weighted by Gasteiger charge is 2.38. The van der Waals surface area contributed by atoms with Gasteiger partial charge in [0.25, 0.3) is 0 Å². The van der Waals surface area contributed by atoms with Crippen LogP contribution in [0.5, 0.6) is 0 Å². The van der Waals surface area contributed by atoms with Gasteiger partial charge in [-0.05, 0) is 5.56 Å². The van der Waals surface area contributed by atoms with E-state index in [-0.39, 0.29) is 12.2 Å². The second kappa shape index (κ2) is 4.59. The fourth-order valence-corrected chi connectivity index (χ4v) is 1.34. The van der Waals surface area contributed by atoms with Gasteiger partial charge in [-0.25, -0.2) is 0 Å². The highest BCUT2D eigenvalue weighted by Crippen LogP contribution is 2.27. The van der Waals surface area contributed by atoms with Crippen LogP contribution < -0.4 is 0 Å². The summed E-state index contributed by atoms with van der Waals surface area (Å²) in [5, 5.41) is 3.24. The SMILES string of the molecule is O=Cc1ccc(Cc2noc(C(F)(F)F)n2)cc1. The normalized spacial score (nSPS) is 11.5. The molecule has 0 N–H and O–H groups in total. The third kappa shape index (κ3) is 2.73. The number of aromatic nitrogens is 2. The Morgan fingerprint density at radius 3 is 2.39 bits per heavy atom. The Morgan fingerprint density at radius 1 is 1.22 bits per heavy atom. The number of rotatable bonds is 3. The molecule has 2 rings (SSSR count). The highest BCUT2D eigenvalue weighted by molar-refractivity contribution is 5.74. The fraction of sp³-hybridized carbons (Fsp3) is 0.182. The molecular formula is C11H7F3N2O2. The molecule has 0 aliphatic heterocycles. The van der Waals surface area contributed by atoms with Crippen LogP contribution in [0.4, 0.5) is 13.2 Å². The van der Waals surface area contributed by atoms with Crippen LogP contribution in [0.1, 0.15) is 27.6 Å². The summed E-state index contributed by atoms with van der Waals surface area (Å²) in [5.74, 6) is -1.41. The lowest BCUT2D eigenvalue weighted by Crippen LogP contribution is -2.05. The van der Waals surface area contributed by atoms with Crippen molar-refractivity contribution in [2.45, 2.75) is 12.6 Å². The molecular weight excluding hydrogens is 249 g/mol. The van der Waals surface area contributed by atoms with Crippen LogP contribution in [-0.4, -0.2) is 16.4 Å². The first-order chi connectivity index (χ1) is 8.49. The zero-order valence-corrected chi connectivity index (χ0v) is 8.94. The molecule has 0 spiro atoms. The number of carbonyl (C=O) groups is 1. The maximum Gasteiger partial charge on any atom is 0.471 e. The minimum atomic E-state index is -4.63. The lowest BCUT2D eigenvalue weighted by molar-refractivity contribution is -0.159. The van der Waals surface area contributed by atoms with E-state index in [2.05, 4.69) is 14.7 Å². The molecule has 0 saturated heterocycles. The van der Waals surface area contributed by atoms with E-state index in [1.165, 1.54) is 0 Å². The van der Waals surface area contributed by atoms with Crippen molar-refractivity contribution >= 4 is 6.29 Å². The van der Waals surface area contributed by atoms with Crippen molar-refractivity contribution < 1.29 is 22.5 Å². The summed E-state index contributed by atoms with van der Waals surface area (Å²) in [6.07, 6.45) is -3.84. The summed E-state index contributed by atoms with van der Waals surface area (Å²) in [4.78, 5) is 13.7. The molecule has 1 aromatic carbocycles. The Morgan fingerprint density at radius 2 is 1.89 bits per heavy atom. The number of aldehydes is 1. The fourth-order valence-electron chi connectivity index (χ4n) is 1.34. The summed E-state index contributed by atoms with van der Waals surface area (Å²) in [6, 6.07) is 6.36. The first-order valence-corrected chi connectivity index (χ1v) is 4.93. The minimum absolute atomic E-state index is 0.0545. The maximum atomic E-state index is 12.2. The van der Waals surface area contributed by atoms with Gasteiger partial charge in [-0.3, -0.25) is 4.79 Å². The lowest BCUT2D eigenvalue weighted by atomic mass is 10.1. The molecule has 0 unspecified atom stereocenters. The van der Waals surface area contributed by atoms with Gasteiger partial charge in [0, 0.05) is 12.0 Å². The molecule has 0 bridgehead atoms. The van der Waals surface area contributed by atoms with Crippen molar-refractivity contribution in [2.24, 2.45) is 0 Å². The molecule has 2 aromatic rings. The molecule has 94 valence electrons. The molecule has 4 nitrogen and oxygen atoms in total. The molecule has 0 aliphatic carbocycles. The predicted octanol–water partition coefficient (Wildman–Crippen LogP) is 2.49. The van der Waals surface area contributed by atoms with Crippen molar-refractivity contribution in [1.29, 1.82) is 0 Å². The summed E-state index contributed by atoms with van der Waals surface area (Å²) in [7, 11) is 0. The Balaban J connectivity index is 2.13. The molecule has 0 fully saturated rings. The monoisotopic (exact) mass is 256 g/mol. The van der Waals surface area contributed by atoms with Gasteiger partial charge < -0.3 is 4.52 Å². The number of benzene rings is 1. The van der Waals surface area contributed by atoms with E-state index in [1.807, 2.05) is 0 Å². The first-order valence-electron chi connectivity index (χ1n) is 4.93. The van der Waals surface area contributed by atoms with Crippen LogP contribution in [0, 0.1) is 0 Å². The van der Waals surface area contributed by atoms with Gasteiger partial charge in [-0.2, -0.15) is 18.2 Å². The maximum absolute atomic E-state index is 12.2. The standard InChI is InChI=1S/C11H7F3N2O2/c12-11(13,14)10-15-9(16-18-10)5-7-1-3-8(6-17)4-2-7/h1-4,6H,5H2. The van der Waals surface area contributed by atoms with Gasteiger partial charge >= 0.3 is 12.1 Å². The summed E-state index contributed by atoms with van der Waals surface area (Å²) >= 11 is 0. The van der Waals surface area contributed by atoms with Crippen molar-refractivity contribution in [2.75, 3.05) is 0 Å². The van der Waals surface area contributed by atoms with Gasteiger partial charge in [0.15, 0.2) is 5.82 Å². The lowest BCUT2D eigenvalue weighted by Gasteiger charge is -1.97. The van der Waals surface area contributed by atoms with E-state index in [0.29, 0.717) is 17.4 Å². The number of hydrogen-bond acceptors (Lipinski definition) is 4. The summed E-state index contributed by atoms with van der Waals surface area (Å²) < 4.78 is 40.7. The molecule has 1 aromatic heterocycles. The van der Waals surface area contributed by atoms with Crippen LogP contribution in [0.15, 0.2) is 28.8 Å². The highest BCUT2D eigenvalue weighted by atomic mass is 19.4. The van der Waals surface area contributed by atoms with E-state index in [0.717, 1.165) is 0 Å². The number of hydrogen-bond donors (Lipinski definition) is 0. The van der Waals surface area contributed by atoms with E-state index in [1.54, 1.807) is 24.3 Å². The largest absolute Gasteiger partial charge is 0.471 e. The number of alkyl halides is 3. The van der Waals surface area contributed by atoms with Gasteiger partial charge in [-0.15, -0.1) is 0 Å².